The van der Waals surface area contributed by atoms with Crippen molar-refractivity contribution in [3.05, 3.63) is 41.2 Å². The first-order chi connectivity index (χ1) is 15.6. The van der Waals surface area contributed by atoms with Crippen molar-refractivity contribution in [3.63, 3.8) is 0 Å². The molecule has 2 aliphatic heterocycles. The van der Waals surface area contributed by atoms with Crippen LogP contribution in [0.25, 0.3) is 11.3 Å². The number of rotatable bonds is 5. The number of ether oxygens (including phenoxy) is 1. The summed E-state index contributed by atoms with van der Waals surface area (Å²) in [5.41, 5.74) is 1.65. The number of halogens is 2. The highest BCUT2D eigenvalue weighted by molar-refractivity contribution is 6.33. The standard InChI is InChI=1S/C25H30ClFN4O/c26-22-2-1-19(27)13-21(22)23-3-4-24(30-29-23)28-20-11-16-14-31(15-17(16)12-20)25(7-8-25)18-5-9-32-10-6-18/h1-4,13,16-18,20H,5-12,14-15H2,(H,28,30)/t16-,17+,20?. The average molecular weight is 457 g/mol. The van der Waals surface area contributed by atoms with Gasteiger partial charge in [-0.1, -0.05) is 11.6 Å². The van der Waals surface area contributed by atoms with E-state index in [2.05, 4.69) is 20.4 Å². The molecule has 3 heterocycles. The van der Waals surface area contributed by atoms with E-state index in [1.807, 2.05) is 12.1 Å². The Morgan fingerprint density at radius 2 is 1.78 bits per heavy atom. The summed E-state index contributed by atoms with van der Waals surface area (Å²) in [6.45, 7) is 4.40. The maximum atomic E-state index is 13.6. The summed E-state index contributed by atoms with van der Waals surface area (Å²) in [5, 5.41) is 12.7. The van der Waals surface area contributed by atoms with Gasteiger partial charge in [0.2, 0.25) is 0 Å². The Morgan fingerprint density at radius 3 is 2.44 bits per heavy atom. The van der Waals surface area contributed by atoms with Crippen LogP contribution in [-0.4, -0.2) is 53.0 Å². The van der Waals surface area contributed by atoms with Crippen LogP contribution >= 0.6 is 11.6 Å². The van der Waals surface area contributed by atoms with Crippen molar-refractivity contribution in [3.8, 4) is 11.3 Å². The highest BCUT2D eigenvalue weighted by Gasteiger charge is 2.57. The Balaban J connectivity index is 1.06. The number of hydrogen-bond acceptors (Lipinski definition) is 5. The monoisotopic (exact) mass is 456 g/mol. The number of nitrogens with one attached hydrogen (secondary N) is 1. The summed E-state index contributed by atoms with van der Waals surface area (Å²) < 4.78 is 19.2. The van der Waals surface area contributed by atoms with Gasteiger partial charge in [0, 0.05) is 43.4 Å². The third-order valence-corrected chi connectivity index (χ3v) is 8.67. The zero-order chi connectivity index (χ0) is 21.7. The molecule has 170 valence electrons. The Labute approximate surface area is 193 Å². The number of nitrogens with zero attached hydrogens (tertiary/aromatic N) is 3. The van der Waals surface area contributed by atoms with Gasteiger partial charge in [-0.3, -0.25) is 4.90 Å². The molecule has 2 aliphatic carbocycles. The molecule has 7 heteroatoms. The van der Waals surface area contributed by atoms with Crippen molar-refractivity contribution < 1.29 is 9.13 Å². The Bertz CT molecular complexity index is 962. The molecule has 0 radical (unpaired) electrons. The van der Waals surface area contributed by atoms with E-state index in [1.165, 1.54) is 63.7 Å². The molecule has 4 fully saturated rings. The molecule has 5 nitrogen and oxygen atoms in total. The van der Waals surface area contributed by atoms with Crippen molar-refractivity contribution in [1.82, 2.24) is 15.1 Å². The summed E-state index contributed by atoms with van der Waals surface area (Å²) in [4.78, 5) is 2.85. The predicted octanol–water partition coefficient (Wildman–Crippen LogP) is 5.02. The van der Waals surface area contributed by atoms with E-state index in [0.29, 0.717) is 27.9 Å². The molecule has 32 heavy (non-hydrogen) atoms. The van der Waals surface area contributed by atoms with Gasteiger partial charge in [0.1, 0.15) is 11.6 Å². The van der Waals surface area contributed by atoms with Crippen LogP contribution < -0.4 is 5.32 Å². The molecule has 1 N–H and O–H groups in total. The fraction of sp³-hybridized carbons (Fsp3) is 0.600. The van der Waals surface area contributed by atoms with Crippen LogP contribution in [0.15, 0.2) is 30.3 Å². The SMILES string of the molecule is Fc1ccc(Cl)c(-c2ccc(NC3C[C@@H]4CN(C5(C6CCOCC6)CC5)C[C@@H]4C3)nn2)c1. The van der Waals surface area contributed by atoms with Gasteiger partial charge >= 0.3 is 0 Å². The zero-order valence-electron chi connectivity index (χ0n) is 18.3. The second-order valence-corrected chi connectivity index (χ2v) is 10.6. The summed E-state index contributed by atoms with van der Waals surface area (Å²) in [5.74, 6) is 2.85. The molecule has 1 aromatic carbocycles. The molecule has 2 saturated carbocycles. The number of benzene rings is 1. The topological polar surface area (TPSA) is 50.3 Å². The second kappa shape index (κ2) is 8.23. The smallest absolute Gasteiger partial charge is 0.148 e. The van der Waals surface area contributed by atoms with Gasteiger partial charge in [-0.2, -0.15) is 0 Å². The molecule has 0 bridgehead atoms. The van der Waals surface area contributed by atoms with E-state index >= 15 is 0 Å². The van der Waals surface area contributed by atoms with Crippen LogP contribution in [0.2, 0.25) is 5.02 Å². The zero-order valence-corrected chi connectivity index (χ0v) is 19.0. The van der Waals surface area contributed by atoms with Crippen LogP contribution in [0.5, 0.6) is 0 Å². The lowest BCUT2D eigenvalue weighted by Gasteiger charge is -2.38. The lowest BCUT2D eigenvalue weighted by molar-refractivity contribution is 0.0202. The fourth-order valence-electron chi connectivity index (χ4n) is 6.58. The van der Waals surface area contributed by atoms with Crippen molar-refractivity contribution in [1.29, 1.82) is 0 Å². The number of aromatic nitrogens is 2. The molecular weight excluding hydrogens is 427 g/mol. The van der Waals surface area contributed by atoms with E-state index in [0.717, 1.165) is 36.8 Å². The molecule has 3 atom stereocenters. The third-order valence-electron chi connectivity index (χ3n) is 8.35. The van der Waals surface area contributed by atoms with Gasteiger partial charge in [-0.15, -0.1) is 10.2 Å². The van der Waals surface area contributed by atoms with E-state index in [9.17, 15) is 4.39 Å². The first-order valence-electron chi connectivity index (χ1n) is 12.0. The number of hydrogen-bond donors (Lipinski definition) is 1. The number of fused-ring (bicyclic) bond motifs is 1. The van der Waals surface area contributed by atoms with Gasteiger partial charge in [0.25, 0.3) is 0 Å². The number of likely N-dealkylation sites (tertiary alicyclic amines) is 1. The summed E-state index contributed by atoms with van der Waals surface area (Å²) in [6, 6.07) is 8.53. The minimum Gasteiger partial charge on any atom is -0.381 e. The van der Waals surface area contributed by atoms with E-state index in [1.54, 1.807) is 6.07 Å². The highest BCUT2D eigenvalue weighted by atomic mass is 35.5. The minimum absolute atomic E-state index is 0.329. The first-order valence-corrected chi connectivity index (χ1v) is 12.4. The van der Waals surface area contributed by atoms with Gasteiger partial charge < -0.3 is 10.1 Å². The molecule has 4 aliphatic rings. The molecule has 2 aromatic rings. The van der Waals surface area contributed by atoms with Crippen LogP contribution in [0.1, 0.15) is 38.5 Å². The van der Waals surface area contributed by atoms with Crippen LogP contribution in [0.4, 0.5) is 10.2 Å². The highest BCUT2D eigenvalue weighted by Crippen LogP contribution is 2.55. The van der Waals surface area contributed by atoms with E-state index in [4.69, 9.17) is 16.3 Å². The minimum atomic E-state index is -0.329. The quantitative estimate of drug-likeness (QED) is 0.684. The Hall–Kier alpha value is -1.76. The Morgan fingerprint density at radius 1 is 1.03 bits per heavy atom. The van der Waals surface area contributed by atoms with Crippen molar-refractivity contribution in [2.24, 2.45) is 17.8 Å². The Kier molecular flexibility index (Phi) is 5.35. The molecule has 2 saturated heterocycles. The first kappa shape index (κ1) is 20.8. The lowest BCUT2D eigenvalue weighted by atomic mass is 9.88. The molecule has 1 unspecified atom stereocenters. The number of anilines is 1. The van der Waals surface area contributed by atoms with E-state index in [-0.39, 0.29) is 5.82 Å². The summed E-state index contributed by atoms with van der Waals surface area (Å²) >= 11 is 6.20. The average Bonchev–Trinajstić information content (AvgIpc) is 3.40. The molecular formula is C25H30ClFN4O. The summed E-state index contributed by atoms with van der Waals surface area (Å²) in [6.07, 6.45) is 7.65. The summed E-state index contributed by atoms with van der Waals surface area (Å²) in [7, 11) is 0. The van der Waals surface area contributed by atoms with Crippen molar-refractivity contribution >= 4 is 17.4 Å². The normalized spacial score (nSPS) is 29.8. The molecule has 0 amide bonds. The van der Waals surface area contributed by atoms with Crippen LogP contribution in [0, 0.1) is 23.6 Å². The van der Waals surface area contributed by atoms with Crippen molar-refractivity contribution in [2.45, 2.75) is 50.1 Å². The molecule has 0 spiro atoms. The van der Waals surface area contributed by atoms with Crippen LogP contribution in [0.3, 0.4) is 0 Å². The molecule has 1 aromatic heterocycles. The van der Waals surface area contributed by atoms with Gasteiger partial charge in [-0.25, -0.2) is 4.39 Å². The van der Waals surface area contributed by atoms with Gasteiger partial charge in [-0.05, 0) is 86.6 Å². The van der Waals surface area contributed by atoms with Crippen LogP contribution in [-0.2, 0) is 4.74 Å². The maximum Gasteiger partial charge on any atom is 0.148 e. The lowest BCUT2D eigenvalue weighted by Crippen LogP contribution is -2.44. The van der Waals surface area contributed by atoms with Gasteiger partial charge in [0.15, 0.2) is 0 Å². The third kappa shape index (κ3) is 3.80. The fourth-order valence-corrected chi connectivity index (χ4v) is 6.80. The molecule has 6 rings (SSSR count). The van der Waals surface area contributed by atoms with Gasteiger partial charge in [0.05, 0.1) is 10.7 Å². The van der Waals surface area contributed by atoms with E-state index < -0.39 is 0 Å². The largest absolute Gasteiger partial charge is 0.381 e. The second-order valence-electron chi connectivity index (χ2n) is 10.2. The predicted molar refractivity (Wildman–Crippen MR) is 123 cm³/mol. The van der Waals surface area contributed by atoms with Crippen molar-refractivity contribution in [2.75, 3.05) is 31.6 Å². The maximum absolute atomic E-state index is 13.6.